The summed E-state index contributed by atoms with van der Waals surface area (Å²) in [5.74, 6) is -2.34. The number of amides is 3. The van der Waals surface area contributed by atoms with Crippen molar-refractivity contribution < 1.29 is 24.3 Å². The van der Waals surface area contributed by atoms with Gasteiger partial charge in [-0.05, 0) is 63.0 Å². The summed E-state index contributed by atoms with van der Waals surface area (Å²) in [5.41, 5.74) is 12.7. The van der Waals surface area contributed by atoms with Gasteiger partial charge in [0.05, 0.1) is 6.04 Å². The van der Waals surface area contributed by atoms with Crippen molar-refractivity contribution in [1.82, 2.24) is 15.5 Å². The van der Waals surface area contributed by atoms with E-state index in [0.29, 0.717) is 51.6 Å². The first kappa shape index (κ1) is 29.3. The normalized spacial score (nSPS) is 17.9. The highest BCUT2D eigenvalue weighted by Gasteiger charge is 2.38. The standard InChI is InChI=1S/C26H41N5O5/c1-17(2)15-21(26(35)36)30-23(32)20(11-6-7-13-27)29-24(33)22-12-8-14-31(22)25(34)19(28)16-18-9-4-3-5-10-18/h3-5,9-10,17,19-22H,6-8,11-16,27-28H2,1-2H3,(H,29,33)(H,30,32)(H,35,36). The summed E-state index contributed by atoms with van der Waals surface area (Å²) < 4.78 is 0. The molecule has 0 aliphatic carbocycles. The van der Waals surface area contributed by atoms with Gasteiger partial charge in [0.1, 0.15) is 18.1 Å². The predicted octanol–water partition coefficient (Wildman–Crippen LogP) is 0.777. The summed E-state index contributed by atoms with van der Waals surface area (Å²) in [6.07, 6.45) is 3.33. The lowest BCUT2D eigenvalue weighted by Gasteiger charge is -2.29. The number of nitrogens with two attached hydrogens (primary N) is 2. The van der Waals surface area contributed by atoms with Gasteiger partial charge in [-0.2, -0.15) is 0 Å². The zero-order valence-corrected chi connectivity index (χ0v) is 21.3. The number of carboxylic acid groups (broad SMARTS) is 1. The van der Waals surface area contributed by atoms with Gasteiger partial charge >= 0.3 is 5.97 Å². The van der Waals surface area contributed by atoms with Crippen LogP contribution in [-0.4, -0.2) is 71.0 Å². The fourth-order valence-electron chi connectivity index (χ4n) is 4.47. The second-order valence-electron chi connectivity index (χ2n) is 9.86. The highest BCUT2D eigenvalue weighted by Crippen LogP contribution is 2.20. The molecule has 36 heavy (non-hydrogen) atoms. The molecule has 10 heteroatoms. The van der Waals surface area contributed by atoms with Crippen LogP contribution >= 0.6 is 0 Å². The summed E-state index contributed by atoms with van der Waals surface area (Å²) in [6, 6.07) is 5.96. The van der Waals surface area contributed by atoms with Gasteiger partial charge in [0, 0.05) is 6.54 Å². The highest BCUT2D eigenvalue weighted by molar-refractivity contribution is 5.94. The van der Waals surface area contributed by atoms with Crippen LogP contribution in [-0.2, 0) is 25.6 Å². The molecular weight excluding hydrogens is 462 g/mol. The Morgan fingerprint density at radius 3 is 2.39 bits per heavy atom. The van der Waals surface area contributed by atoms with Crippen LogP contribution in [0.4, 0.5) is 0 Å². The van der Waals surface area contributed by atoms with Crippen LogP contribution < -0.4 is 22.1 Å². The molecule has 0 bridgehead atoms. The number of likely N-dealkylation sites (tertiary alicyclic amines) is 1. The Morgan fingerprint density at radius 1 is 1.08 bits per heavy atom. The van der Waals surface area contributed by atoms with Gasteiger partial charge in [-0.25, -0.2) is 4.79 Å². The number of nitrogens with one attached hydrogen (secondary N) is 2. The minimum absolute atomic E-state index is 0.0647. The zero-order valence-electron chi connectivity index (χ0n) is 21.3. The van der Waals surface area contributed by atoms with E-state index >= 15 is 0 Å². The van der Waals surface area contributed by atoms with Crippen molar-refractivity contribution in [1.29, 1.82) is 0 Å². The maximum absolute atomic E-state index is 13.2. The Bertz CT molecular complexity index is 879. The van der Waals surface area contributed by atoms with Crippen molar-refractivity contribution in [3.63, 3.8) is 0 Å². The van der Waals surface area contributed by atoms with Gasteiger partial charge in [-0.15, -0.1) is 0 Å². The molecule has 0 aromatic heterocycles. The molecule has 1 aromatic carbocycles. The molecule has 0 radical (unpaired) electrons. The van der Waals surface area contributed by atoms with Crippen molar-refractivity contribution in [2.45, 2.75) is 83.0 Å². The summed E-state index contributed by atoms with van der Waals surface area (Å²) >= 11 is 0. The Hall–Kier alpha value is -2.98. The number of carboxylic acids is 1. The monoisotopic (exact) mass is 503 g/mol. The van der Waals surface area contributed by atoms with Crippen LogP contribution in [0.1, 0.15) is 57.9 Å². The van der Waals surface area contributed by atoms with Crippen molar-refractivity contribution in [3.05, 3.63) is 35.9 Å². The third kappa shape index (κ3) is 8.91. The first-order valence-corrected chi connectivity index (χ1v) is 12.8. The maximum Gasteiger partial charge on any atom is 0.326 e. The van der Waals surface area contributed by atoms with E-state index in [9.17, 15) is 24.3 Å². The number of aliphatic carboxylic acids is 1. The van der Waals surface area contributed by atoms with Crippen molar-refractivity contribution in [2.24, 2.45) is 17.4 Å². The maximum atomic E-state index is 13.2. The predicted molar refractivity (Wildman–Crippen MR) is 137 cm³/mol. The minimum atomic E-state index is -1.12. The second kappa shape index (κ2) is 14.5. The zero-order chi connectivity index (χ0) is 26.7. The topological polar surface area (TPSA) is 168 Å². The van der Waals surface area contributed by atoms with Crippen molar-refractivity contribution in [2.75, 3.05) is 13.1 Å². The average molecular weight is 504 g/mol. The molecule has 1 fully saturated rings. The Labute approximate surface area is 213 Å². The third-order valence-corrected chi connectivity index (χ3v) is 6.36. The van der Waals surface area contributed by atoms with Crippen LogP contribution in [0.15, 0.2) is 30.3 Å². The van der Waals surface area contributed by atoms with E-state index in [1.165, 1.54) is 4.90 Å². The first-order valence-electron chi connectivity index (χ1n) is 12.8. The van der Waals surface area contributed by atoms with Crippen LogP contribution in [0, 0.1) is 5.92 Å². The van der Waals surface area contributed by atoms with E-state index in [1.54, 1.807) is 0 Å². The first-order chi connectivity index (χ1) is 17.1. The van der Waals surface area contributed by atoms with Crippen molar-refractivity contribution in [3.8, 4) is 0 Å². The number of carbonyl (C=O) groups is 4. The molecule has 10 nitrogen and oxygen atoms in total. The summed E-state index contributed by atoms with van der Waals surface area (Å²) in [5, 5.41) is 14.8. The van der Waals surface area contributed by atoms with Gasteiger partial charge in [-0.1, -0.05) is 44.2 Å². The molecule has 1 saturated heterocycles. The molecule has 1 aliphatic heterocycles. The van der Waals surface area contributed by atoms with Gasteiger partial charge in [-0.3, -0.25) is 14.4 Å². The highest BCUT2D eigenvalue weighted by atomic mass is 16.4. The molecule has 0 spiro atoms. The molecule has 4 unspecified atom stereocenters. The molecule has 1 aromatic rings. The molecule has 7 N–H and O–H groups in total. The second-order valence-corrected chi connectivity index (χ2v) is 9.86. The van der Waals surface area contributed by atoms with Crippen LogP contribution in [0.25, 0.3) is 0 Å². The van der Waals surface area contributed by atoms with E-state index in [4.69, 9.17) is 11.5 Å². The lowest BCUT2D eigenvalue weighted by Crippen LogP contribution is -2.56. The lowest BCUT2D eigenvalue weighted by molar-refractivity contribution is -0.143. The van der Waals surface area contributed by atoms with Crippen molar-refractivity contribution >= 4 is 23.7 Å². The smallest absolute Gasteiger partial charge is 0.326 e. The Kier molecular flexibility index (Phi) is 11.8. The quantitative estimate of drug-likeness (QED) is 0.234. The fourth-order valence-corrected chi connectivity index (χ4v) is 4.47. The summed E-state index contributed by atoms with van der Waals surface area (Å²) in [4.78, 5) is 52.4. The number of rotatable bonds is 14. The molecule has 0 saturated carbocycles. The van der Waals surface area contributed by atoms with E-state index in [1.807, 2.05) is 44.2 Å². The van der Waals surface area contributed by atoms with Crippen LogP contribution in [0.3, 0.4) is 0 Å². The Morgan fingerprint density at radius 2 is 1.78 bits per heavy atom. The SMILES string of the molecule is CC(C)CC(NC(=O)C(CCCCN)NC(=O)C1CCCN1C(=O)C(N)Cc1ccccc1)C(=O)O. The summed E-state index contributed by atoms with van der Waals surface area (Å²) in [7, 11) is 0. The number of benzene rings is 1. The van der Waals surface area contributed by atoms with Gasteiger partial charge in [0.2, 0.25) is 17.7 Å². The molecule has 1 aliphatic rings. The molecule has 3 amide bonds. The van der Waals surface area contributed by atoms with E-state index in [-0.39, 0.29) is 18.2 Å². The Balaban J connectivity index is 2.07. The van der Waals surface area contributed by atoms with E-state index in [0.717, 1.165) is 5.56 Å². The van der Waals surface area contributed by atoms with Crippen LogP contribution in [0.5, 0.6) is 0 Å². The average Bonchev–Trinajstić information content (AvgIpc) is 3.33. The van der Waals surface area contributed by atoms with Gasteiger partial charge in [0.15, 0.2) is 0 Å². The molecule has 4 atom stereocenters. The molecule has 2 rings (SSSR count). The third-order valence-electron chi connectivity index (χ3n) is 6.36. The van der Waals surface area contributed by atoms with E-state index < -0.39 is 42.0 Å². The number of nitrogens with zero attached hydrogens (tertiary/aromatic N) is 1. The van der Waals surface area contributed by atoms with Crippen LogP contribution in [0.2, 0.25) is 0 Å². The number of unbranched alkanes of at least 4 members (excludes halogenated alkanes) is 1. The molecular formula is C26H41N5O5. The number of hydrogen-bond donors (Lipinski definition) is 5. The largest absolute Gasteiger partial charge is 0.480 e. The minimum Gasteiger partial charge on any atom is -0.480 e. The van der Waals surface area contributed by atoms with Gasteiger partial charge < -0.3 is 32.1 Å². The van der Waals surface area contributed by atoms with Gasteiger partial charge in [0.25, 0.3) is 0 Å². The number of carbonyl (C=O) groups excluding carboxylic acids is 3. The molecule has 200 valence electrons. The number of hydrogen-bond acceptors (Lipinski definition) is 6. The lowest BCUT2D eigenvalue weighted by atomic mass is 10.0. The fraction of sp³-hybridized carbons (Fsp3) is 0.615. The van der Waals surface area contributed by atoms with E-state index in [2.05, 4.69) is 10.6 Å². The molecule has 1 heterocycles. The summed E-state index contributed by atoms with van der Waals surface area (Å²) in [6.45, 7) is 4.60.